The molecular formula is C19H15ClF3N3O2. The Morgan fingerprint density at radius 1 is 1.25 bits per heavy atom. The van der Waals surface area contributed by atoms with Crippen molar-refractivity contribution < 1.29 is 22.7 Å². The van der Waals surface area contributed by atoms with Crippen LogP contribution in [0.15, 0.2) is 46.7 Å². The predicted molar refractivity (Wildman–Crippen MR) is 97.3 cm³/mol. The number of aliphatic imine (C=N–C) groups is 1. The van der Waals surface area contributed by atoms with Crippen LogP contribution in [0.4, 0.5) is 13.2 Å². The number of nitrogens with zero attached hydrogens (tertiary/aromatic N) is 2. The van der Waals surface area contributed by atoms with E-state index in [1.165, 1.54) is 12.1 Å². The van der Waals surface area contributed by atoms with Crippen LogP contribution in [0.3, 0.4) is 0 Å². The number of hydrogen-bond acceptors (Lipinski definition) is 5. The second kappa shape index (κ2) is 8.02. The third-order valence-corrected chi connectivity index (χ3v) is 4.35. The van der Waals surface area contributed by atoms with Crippen LogP contribution >= 0.6 is 11.6 Å². The van der Waals surface area contributed by atoms with Gasteiger partial charge in [-0.25, -0.2) is 22.9 Å². The smallest absolute Gasteiger partial charge is 0.338 e. The molecule has 0 fully saturated rings. The lowest BCUT2D eigenvalue weighted by molar-refractivity contribution is -0.138. The van der Waals surface area contributed by atoms with Gasteiger partial charge in [-0.1, -0.05) is 17.7 Å². The number of rotatable bonds is 4. The molecule has 1 N–H and O–H groups in total. The summed E-state index contributed by atoms with van der Waals surface area (Å²) in [5.74, 6) is -2.99. The van der Waals surface area contributed by atoms with Crippen molar-refractivity contribution in [3.05, 3.63) is 75.5 Å². The summed E-state index contributed by atoms with van der Waals surface area (Å²) >= 11 is 6.16. The maximum Gasteiger partial charge on any atom is 0.338 e. The monoisotopic (exact) mass is 409 g/mol. The number of carbonyl (C=O) groups excluding carboxylic acids is 1. The summed E-state index contributed by atoms with van der Waals surface area (Å²) in [5.41, 5.74) is 0.569. The summed E-state index contributed by atoms with van der Waals surface area (Å²) in [4.78, 5) is 20.6. The fraction of sp³-hybridized carbons (Fsp3) is 0.211. The van der Waals surface area contributed by atoms with Crippen molar-refractivity contribution in [2.45, 2.75) is 19.9 Å². The highest BCUT2D eigenvalue weighted by Crippen LogP contribution is 2.36. The van der Waals surface area contributed by atoms with E-state index in [1.807, 2.05) is 0 Å². The molecule has 146 valence electrons. The molecule has 1 unspecified atom stereocenters. The zero-order valence-electron chi connectivity index (χ0n) is 14.9. The molecule has 0 amide bonds. The Kier molecular flexibility index (Phi) is 5.69. The van der Waals surface area contributed by atoms with Crippen molar-refractivity contribution in [3.8, 4) is 0 Å². The van der Waals surface area contributed by atoms with Gasteiger partial charge < -0.3 is 10.1 Å². The average Bonchev–Trinajstić information content (AvgIpc) is 2.61. The Bertz CT molecular complexity index is 1010. The van der Waals surface area contributed by atoms with E-state index in [1.54, 1.807) is 13.8 Å². The first-order valence-corrected chi connectivity index (χ1v) is 8.68. The first kappa shape index (κ1) is 19.9. The van der Waals surface area contributed by atoms with Crippen LogP contribution in [0.25, 0.3) is 0 Å². The maximum absolute atomic E-state index is 14.2. The van der Waals surface area contributed by atoms with Gasteiger partial charge in [0.15, 0.2) is 11.7 Å². The number of hydrogen-bond donors (Lipinski definition) is 1. The third kappa shape index (κ3) is 3.87. The number of benzene rings is 1. The van der Waals surface area contributed by atoms with Crippen molar-refractivity contribution in [2.75, 3.05) is 6.61 Å². The molecule has 3 rings (SSSR count). The third-order valence-electron chi connectivity index (χ3n) is 4.03. The molecule has 0 aliphatic carbocycles. The number of amidine groups is 1. The van der Waals surface area contributed by atoms with E-state index in [9.17, 15) is 18.0 Å². The quantitative estimate of drug-likeness (QED) is 0.773. The van der Waals surface area contributed by atoms with Crippen molar-refractivity contribution >= 4 is 23.4 Å². The van der Waals surface area contributed by atoms with E-state index >= 15 is 0 Å². The van der Waals surface area contributed by atoms with Gasteiger partial charge in [-0.3, -0.25) is 4.99 Å². The first-order chi connectivity index (χ1) is 13.3. The fourth-order valence-corrected chi connectivity index (χ4v) is 3.08. The van der Waals surface area contributed by atoms with E-state index in [-0.39, 0.29) is 28.7 Å². The Morgan fingerprint density at radius 2 is 2.00 bits per heavy atom. The normalized spacial score (nSPS) is 16.5. The number of carbonyl (C=O) groups is 1. The lowest BCUT2D eigenvalue weighted by atomic mass is 9.95. The van der Waals surface area contributed by atoms with Crippen LogP contribution in [0.2, 0.25) is 5.02 Å². The van der Waals surface area contributed by atoms with Crippen LogP contribution in [-0.2, 0) is 9.53 Å². The van der Waals surface area contributed by atoms with Gasteiger partial charge in [0.1, 0.15) is 23.4 Å². The molecule has 0 radical (unpaired) electrons. The molecule has 9 heteroatoms. The molecular weight excluding hydrogens is 395 g/mol. The molecule has 28 heavy (non-hydrogen) atoms. The van der Waals surface area contributed by atoms with Crippen molar-refractivity contribution in [1.82, 2.24) is 10.3 Å². The first-order valence-electron chi connectivity index (χ1n) is 8.30. The second-order valence-corrected chi connectivity index (χ2v) is 6.32. The van der Waals surface area contributed by atoms with Crippen molar-refractivity contribution in [2.24, 2.45) is 4.99 Å². The Hall–Kier alpha value is -2.87. The molecule has 2 aromatic rings. The highest BCUT2D eigenvalue weighted by atomic mass is 35.5. The largest absolute Gasteiger partial charge is 0.463 e. The van der Waals surface area contributed by atoms with Crippen LogP contribution in [0.1, 0.15) is 31.1 Å². The zero-order chi connectivity index (χ0) is 20.4. The maximum atomic E-state index is 14.2. The minimum Gasteiger partial charge on any atom is -0.463 e. The van der Waals surface area contributed by atoms with Crippen LogP contribution in [-0.4, -0.2) is 23.4 Å². The predicted octanol–water partition coefficient (Wildman–Crippen LogP) is 4.08. The average molecular weight is 410 g/mol. The lowest BCUT2D eigenvalue weighted by Gasteiger charge is -2.26. The Balaban J connectivity index is 2.15. The summed E-state index contributed by atoms with van der Waals surface area (Å²) in [6, 6.07) is 3.33. The van der Waals surface area contributed by atoms with Gasteiger partial charge in [0.25, 0.3) is 0 Å². The van der Waals surface area contributed by atoms with Gasteiger partial charge in [-0.2, -0.15) is 0 Å². The fourth-order valence-electron chi connectivity index (χ4n) is 2.81. The van der Waals surface area contributed by atoms with E-state index in [0.29, 0.717) is 17.3 Å². The van der Waals surface area contributed by atoms with Gasteiger partial charge in [0.05, 0.1) is 18.4 Å². The standard InChI is InChI=1S/C19H15ClF3N3O2/c1-3-28-19(27)15-9(2)25-18(17-14(23)7-11(22)8-24-17)26-16(15)12-5-4-10(21)6-13(12)20/h4-8,16H,3H2,1-2H3,(H,25,26). The van der Waals surface area contributed by atoms with E-state index in [2.05, 4.69) is 15.3 Å². The minimum atomic E-state index is -0.991. The van der Waals surface area contributed by atoms with E-state index in [0.717, 1.165) is 12.3 Å². The number of nitrogens with one attached hydrogen (secondary N) is 1. The number of aromatic nitrogens is 1. The molecule has 5 nitrogen and oxygen atoms in total. The summed E-state index contributed by atoms with van der Waals surface area (Å²) < 4.78 is 45.9. The molecule has 0 saturated carbocycles. The molecule has 0 spiro atoms. The van der Waals surface area contributed by atoms with Crippen molar-refractivity contribution in [1.29, 1.82) is 0 Å². The van der Waals surface area contributed by atoms with E-state index < -0.39 is 29.5 Å². The number of halogens is 4. The van der Waals surface area contributed by atoms with Crippen molar-refractivity contribution in [3.63, 3.8) is 0 Å². The molecule has 1 atom stereocenters. The van der Waals surface area contributed by atoms with Crippen LogP contribution in [0, 0.1) is 17.5 Å². The minimum absolute atomic E-state index is 0.0200. The van der Waals surface area contributed by atoms with Gasteiger partial charge >= 0.3 is 5.97 Å². The van der Waals surface area contributed by atoms with Gasteiger partial charge in [-0.05, 0) is 26.0 Å². The molecule has 1 aromatic heterocycles. The molecule has 1 aliphatic heterocycles. The SMILES string of the molecule is CCOC(=O)C1=C(C)NC(c2ncc(F)cc2F)=NC1c1ccc(F)cc1Cl. The van der Waals surface area contributed by atoms with Crippen LogP contribution in [0.5, 0.6) is 0 Å². The molecule has 1 aliphatic rings. The molecule has 1 aromatic carbocycles. The topological polar surface area (TPSA) is 63.6 Å². The molecule has 2 heterocycles. The zero-order valence-corrected chi connectivity index (χ0v) is 15.6. The molecule has 0 saturated heterocycles. The number of pyridine rings is 1. The summed E-state index contributed by atoms with van der Waals surface area (Å²) in [5, 5.41) is 2.84. The number of esters is 1. The number of ether oxygens (including phenoxy) is 1. The summed E-state index contributed by atoms with van der Waals surface area (Å²) in [6.45, 7) is 3.35. The van der Waals surface area contributed by atoms with Gasteiger partial charge in [0.2, 0.25) is 0 Å². The number of allylic oxidation sites excluding steroid dienone is 1. The second-order valence-electron chi connectivity index (χ2n) is 5.91. The summed E-state index contributed by atoms with van der Waals surface area (Å²) in [6.07, 6.45) is 0.850. The Labute approximate surface area is 163 Å². The van der Waals surface area contributed by atoms with Gasteiger partial charge in [-0.15, -0.1) is 0 Å². The summed E-state index contributed by atoms with van der Waals surface area (Å²) in [7, 11) is 0. The molecule has 0 bridgehead atoms. The Morgan fingerprint density at radius 3 is 2.64 bits per heavy atom. The highest BCUT2D eigenvalue weighted by Gasteiger charge is 2.33. The van der Waals surface area contributed by atoms with E-state index in [4.69, 9.17) is 16.3 Å². The van der Waals surface area contributed by atoms with Gasteiger partial charge in [0, 0.05) is 22.3 Å². The highest BCUT2D eigenvalue weighted by molar-refractivity contribution is 6.31. The van der Waals surface area contributed by atoms with Crippen LogP contribution < -0.4 is 5.32 Å². The lowest BCUT2D eigenvalue weighted by Crippen LogP contribution is -2.34.